The highest BCUT2D eigenvalue weighted by Gasteiger charge is 2.13. The second kappa shape index (κ2) is 6.98. The van der Waals surface area contributed by atoms with E-state index >= 15 is 0 Å². The number of para-hydroxylation sites is 2. The molecule has 2 aromatic carbocycles. The smallest absolute Gasteiger partial charge is 0.279 e. The van der Waals surface area contributed by atoms with E-state index in [2.05, 4.69) is 16.8 Å². The maximum absolute atomic E-state index is 13.1. The molecule has 6 nitrogen and oxygen atoms in total. The maximum Gasteiger partial charge on any atom is 0.279 e. The molecule has 2 aromatic heterocycles. The largest absolute Gasteiger partial charge is 0.295 e. The molecule has 2 N–H and O–H groups in total. The monoisotopic (exact) mass is 386 g/mol. The number of hydrogen-bond acceptors (Lipinski definition) is 2. The molecule has 0 spiro atoms. The SMILES string of the molecule is C=c1[nH]n(-c2ccccc2C)c(=O)/c1=C\c1c(C)[nH]n(-c2ccccc2C)c1=O. The van der Waals surface area contributed by atoms with Crippen LogP contribution in [0.4, 0.5) is 0 Å². The molecule has 0 fully saturated rings. The van der Waals surface area contributed by atoms with Gasteiger partial charge in [0.2, 0.25) is 0 Å². The van der Waals surface area contributed by atoms with Gasteiger partial charge in [0.15, 0.2) is 0 Å². The van der Waals surface area contributed by atoms with E-state index in [0.29, 0.717) is 21.8 Å². The van der Waals surface area contributed by atoms with Crippen molar-refractivity contribution >= 4 is 12.7 Å². The number of hydrogen-bond donors (Lipinski definition) is 2. The van der Waals surface area contributed by atoms with Crippen LogP contribution in [0.25, 0.3) is 24.0 Å². The Bertz CT molecular complexity index is 1450. The van der Waals surface area contributed by atoms with Crippen LogP contribution >= 0.6 is 0 Å². The van der Waals surface area contributed by atoms with Crippen LogP contribution < -0.4 is 21.7 Å². The summed E-state index contributed by atoms with van der Waals surface area (Å²) in [4.78, 5) is 26.1. The standard InChI is InChI=1S/C23H22N4O2/c1-14-9-5-7-11-20(14)26-22(28)18(16(3)24-26)13-19-17(4)25-27(23(19)29)21-12-8-6-10-15(21)2/h5-13,24-25H,3H2,1-2,4H3/b18-13-. The molecule has 4 rings (SSSR count). The molecule has 4 aromatic rings. The van der Waals surface area contributed by atoms with Crippen molar-refractivity contribution < 1.29 is 0 Å². The van der Waals surface area contributed by atoms with E-state index in [1.165, 1.54) is 9.36 Å². The molecule has 0 aliphatic heterocycles. The first-order valence-electron chi connectivity index (χ1n) is 9.34. The summed E-state index contributed by atoms with van der Waals surface area (Å²) in [5, 5.41) is 6.95. The Labute approximate surface area is 167 Å². The Morgan fingerprint density at radius 2 is 1.31 bits per heavy atom. The summed E-state index contributed by atoms with van der Waals surface area (Å²) in [5.74, 6) is 0. The van der Waals surface area contributed by atoms with E-state index in [9.17, 15) is 9.59 Å². The fourth-order valence-electron chi connectivity index (χ4n) is 3.49. The highest BCUT2D eigenvalue weighted by molar-refractivity contribution is 5.53. The van der Waals surface area contributed by atoms with E-state index < -0.39 is 0 Å². The van der Waals surface area contributed by atoms with Gasteiger partial charge in [-0.2, -0.15) is 0 Å². The zero-order valence-electron chi connectivity index (χ0n) is 16.6. The molecule has 0 bridgehead atoms. The average Bonchev–Trinajstić information content (AvgIpc) is 3.13. The Kier molecular flexibility index (Phi) is 4.47. The van der Waals surface area contributed by atoms with Gasteiger partial charge in [-0.25, -0.2) is 9.36 Å². The lowest BCUT2D eigenvalue weighted by Gasteiger charge is -2.04. The van der Waals surface area contributed by atoms with Gasteiger partial charge >= 0.3 is 0 Å². The van der Waals surface area contributed by atoms with E-state index in [1.54, 1.807) is 6.08 Å². The lowest BCUT2D eigenvalue weighted by atomic mass is 10.2. The van der Waals surface area contributed by atoms with Gasteiger partial charge in [-0.3, -0.25) is 19.8 Å². The summed E-state index contributed by atoms with van der Waals surface area (Å²) in [6.45, 7) is 9.67. The van der Waals surface area contributed by atoms with Crippen molar-refractivity contribution in [3.8, 4) is 11.4 Å². The van der Waals surface area contributed by atoms with Gasteiger partial charge in [-0.15, -0.1) is 0 Å². The number of benzene rings is 2. The van der Waals surface area contributed by atoms with Crippen molar-refractivity contribution in [2.24, 2.45) is 0 Å². The van der Waals surface area contributed by atoms with Crippen LogP contribution in [-0.2, 0) is 0 Å². The summed E-state index contributed by atoms with van der Waals surface area (Å²) in [6, 6.07) is 15.2. The Morgan fingerprint density at radius 1 is 0.793 bits per heavy atom. The van der Waals surface area contributed by atoms with Gasteiger partial charge in [0.25, 0.3) is 11.1 Å². The van der Waals surface area contributed by atoms with Crippen molar-refractivity contribution in [2.75, 3.05) is 0 Å². The molecule has 0 aliphatic carbocycles. The summed E-state index contributed by atoms with van der Waals surface area (Å²) in [6.07, 6.45) is 1.61. The van der Waals surface area contributed by atoms with Crippen LogP contribution in [0, 0.1) is 20.8 Å². The van der Waals surface area contributed by atoms with E-state index in [4.69, 9.17) is 0 Å². The number of H-pyrrole nitrogens is 2. The summed E-state index contributed by atoms with van der Waals surface area (Å²) < 4.78 is 2.97. The first-order chi connectivity index (χ1) is 13.9. The van der Waals surface area contributed by atoms with Crippen LogP contribution in [-0.4, -0.2) is 19.6 Å². The zero-order chi connectivity index (χ0) is 20.7. The second-order valence-corrected chi connectivity index (χ2v) is 7.15. The minimum atomic E-state index is -0.244. The Balaban J connectivity index is 1.93. The van der Waals surface area contributed by atoms with Crippen LogP contribution in [0.1, 0.15) is 22.4 Å². The zero-order valence-corrected chi connectivity index (χ0v) is 16.6. The van der Waals surface area contributed by atoms with Crippen molar-refractivity contribution in [3.63, 3.8) is 0 Å². The van der Waals surface area contributed by atoms with E-state index in [0.717, 1.165) is 22.5 Å². The summed E-state index contributed by atoms with van der Waals surface area (Å²) >= 11 is 0. The predicted octanol–water partition coefficient (Wildman–Crippen LogP) is 1.81. The molecule has 0 aliphatic rings. The minimum Gasteiger partial charge on any atom is -0.295 e. The molecule has 0 atom stereocenters. The third-order valence-electron chi connectivity index (χ3n) is 5.12. The quantitative estimate of drug-likeness (QED) is 0.563. The number of aryl methyl sites for hydroxylation is 3. The Hall–Kier alpha value is -3.80. The van der Waals surface area contributed by atoms with Crippen molar-refractivity contribution in [1.29, 1.82) is 0 Å². The third-order valence-corrected chi connectivity index (χ3v) is 5.12. The lowest BCUT2D eigenvalue weighted by Crippen LogP contribution is -2.34. The number of nitrogens with zero attached hydrogens (tertiary/aromatic N) is 2. The molecular formula is C23H22N4O2. The van der Waals surface area contributed by atoms with Crippen molar-refractivity contribution in [3.05, 3.63) is 102 Å². The summed E-state index contributed by atoms with van der Waals surface area (Å²) in [5.41, 5.74) is 4.13. The molecule has 2 heterocycles. The van der Waals surface area contributed by atoms with Crippen LogP contribution in [0.5, 0.6) is 0 Å². The second-order valence-electron chi connectivity index (χ2n) is 7.15. The number of aromatic nitrogens is 4. The first kappa shape index (κ1) is 18.6. The highest BCUT2D eigenvalue weighted by Crippen LogP contribution is 2.12. The van der Waals surface area contributed by atoms with E-state index in [1.807, 2.05) is 69.3 Å². The van der Waals surface area contributed by atoms with Gasteiger partial charge < -0.3 is 0 Å². The van der Waals surface area contributed by atoms with Crippen LogP contribution in [0.15, 0.2) is 58.1 Å². The fourth-order valence-corrected chi connectivity index (χ4v) is 3.49. The van der Waals surface area contributed by atoms with Gasteiger partial charge in [0, 0.05) is 5.69 Å². The lowest BCUT2D eigenvalue weighted by molar-refractivity contribution is 0.829. The van der Waals surface area contributed by atoms with Gasteiger partial charge in [0.05, 0.1) is 27.5 Å². The molecule has 0 amide bonds. The number of nitrogens with one attached hydrogen (secondary N) is 2. The molecule has 0 radical (unpaired) electrons. The molecule has 0 saturated heterocycles. The van der Waals surface area contributed by atoms with Crippen LogP contribution in [0.2, 0.25) is 0 Å². The first-order valence-corrected chi connectivity index (χ1v) is 9.34. The van der Waals surface area contributed by atoms with Crippen molar-refractivity contribution in [1.82, 2.24) is 19.6 Å². The van der Waals surface area contributed by atoms with Gasteiger partial charge in [0.1, 0.15) is 0 Å². The normalized spacial score (nSPS) is 11.9. The third kappa shape index (κ3) is 3.08. The minimum absolute atomic E-state index is 0.209. The highest BCUT2D eigenvalue weighted by atomic mass is 16.1. The van der Waals surface area contributed by atoms with Gasteiger partial charge in [-0.1, -0.05) is 43.0 Å². The maximum atomic E-state index is 13.1. The molecular weight excluding hydrogens is 364 g/mol. The summed E-state index contributed by atoms with van der Waals surface area (Å²) in [7, 11) is 0. The molecule has 0 unspecified atom stereocenters. The predicted molar refractivity (Wildman–Crippen MR) is 115 cm³/mol. The van der Waals surface area contributed by atoms with Gasteiger partial charge in [-0.05, 0) is 50.1 Å². The van der Waals surface area contributed by atoms with Crippen molar-refractivity contribution in [2.45, 2.75) is 20.8 Å². The van der Waals surface area contributed by atoms with E-state index in [-0.39, 0.29) is 11.1 Å². The molecule has 29 heavy (non-hydrogen) atoms. The number of rotatable bonds is 3. The molecule has 0 saturated carbocycles. The Morgan fingerprint density at radius 3 is 1.86 bits per heavy atom. The molecule has 6 heteroatoms. The number of aromatic amines is 2. The van der Waals surface area contributed by atoms with Crippen LogP contribution in [0.3, 0.4) is 0 Å². The average molecular weight is 386 g/mol. The fraction of sp³-hybridized carbons (Fsp3) is 0.130. The molecule has 146 valence electrons. The topological polar surface area (TPSA) is 75.6 Å².